The number of hydrogen-bond donors (Lipinski definition) is 1. The lowest BCUT2D eigenvalue weighted by Gasteiger charge is -2.29. The Hall–Kier alpha value is -0.340. The largest absolute Gasteiger partial charge is 0.396 e. The van der Waals surface area contributed by atoms with Crippen molar-refractivity contribution in [2.24, 2.45) is 5.92 Å². The van der Waals surface area contributed by atoms with Gasteiger partial charge in [0.2, 0.25) is 0 Å². The summed E-state index contributed by atoms with van der Waals surface area (Å²) in [7, 11) is 2.18. The molecule has 0 unspecified atom stereocenters. The Morgan fingerprint density at radius 3 is 2.62 bits per heavy atom. The minimum absolute atomic E-state index is 0.255. The number of piperidine rings is 1. The molecule has 0 amide bonds. The molecule has 0 atom stereocenters. The lowest BCUT2D eigenvalue weighted by atomic mass is 9.90. The van der Waals surface area contributed by atoms with Crippen LogP contribution in [-0.2, 0) is 0 Å². The monoisotopic (exact) mass is 183 g/mol. The summed E-state index contributed by atoms with van der Waals surface area (Å²) in [5.74, 6) is 0.815. The first-order valence-corrected chi connectivity index (χ1v) is 5.18. The van der Waals surface area contributed by atoms with E-state index in [1.54, 1.807) is 0 Å². The molecule has 0 bridgehead atoms. The summed E-state index contributed by atoms with van der Waals surface area (Å²) in [6, 6.07) is 0. The molecular weight excluding hydrogens is 162 g/mol. The van der Waals surface area contributed by atoms with E-state index >= 15 is 0 Å². The maximum Gasteiger partial charge on any atom is 0.0468 e. The van der Waals surface area contributed by atoms with E-state index in [9.17, 15) is 0 Å². The molecule has 0 radical (unpaired) electrons. The molecule has 13 heavy (non-hydrogen) atoms. The molecule has 76 valence electrons. The fourth-order valence-corrected chi connectivity index (χ4v) is 1.93. The lowest BCUT2D eigenvalue weighted by molar-refractivity contribution is 0.216. The van der Waals surface area contributed by atoms with Crippen LogP contribution in [-0.4, -0.2) is 36.8 Å². The molecule has 1 N–H and O–H groups in total. The Bertz CT molecular complexity index is 159. The van der Waals surface area contributed by atoms with Gasteiger partial charge < -0.3 is 10.0 Å². The molecule has 1 saturated heterocycles. The highest BCUT2D eigenvalue weighted by Gasteiger charge is 2.16. The maximum absolute atomic E-state index is 8.74. The highest BCUT2D eigenvalue weighted by Crippen LogP contribution is 2.23. The molecule has 0 saturated carbocycles. The van der Waals surface area contributed by atoms with Gasteiger partial charge in [-0.15, -0.1) is 0 Å². The summed E-state index contributed by atoms with van der Waals surface area (Å²) in [4.78, 5) is 2.38. The summed E-state index contributed by atoms with van der Waals surface area (Å²) >= 11 is 0. The van der Waals surface area contributed by atoms with Crippen LogP contribution >= 0.6 is 0 Å². The third-order valence-electron chi connectivity index (χ3n) is 2.88. The zero-order chi connectivity index (χ0) is 9.68. The van der Waals surface area contributed by atoms with Gasteiger partial charge in [0.15, 0.2) is 0 Å². The third kappa shape index (κ3) is 3.92. The minimum Gasteiger partial charge on any atom is -0.396 e. The van der Waals surface area contributed by atoms with Crippen LogP contribution in [0.3, 0.4) is 0 Å². The molecule has 2 heteroatoms. The van der Waals surface area contributed by atoms with E-state index < -0.39 is 0 Å². The van der Waals surface area contributed by atoms with E-state index in [1.165, 1.54) is 31.5 Å². The molecule has 1 heterocycles. The van der Waals surface area contributed by atoms with Crippen molar-refractivity contribution in [3.8, 4) is 0 Å². The Labute approximate surface area is 81.2 Å². The van der Waals surface area contributed by atoms with Crippen LogP contribution in [0.2, 0.25) is 0 Å². The number of likely N-dealkylation sites (tertiary alicyclic amines) is 1. The van der Waals surface area contributed by atoms with Crippen LogP contribution in [0.5, 0.6) is 0 Å². The zero-order valence-electron chi connectivity index (χ0n) is 8.63. The van der Waals surface area contributed by atoms with Gasteiger partial charge in [0.05, 0.1) is 0 Å². The van der Waals surface area contributed by atoms with Gasteiger partial charge in [-0.05, 0) is 51.7 Å². The van der Waals surface area contributed by atoms with E-state index in [1.807, 2.05) is 0 Å². The van der Waals surface area contributed by atoms with Gasteiger partial charge in [-0.3, -0.25) is 0 Å². The second-order valence-electron chi connectivity index (χ2n) is 4.17. The third-order valence-corrected chi connectivity index (χ3v) is 2.88. The smallest absolute Gasteiger partial charge is 0.0468 e. The number of aliphatic hydroxyl groups is 1. The maximum atomic E-state index is 8.74. The molecule has 0 aromatic rings. The van der Waals surface area contributed by atoms with Crippen LogP contribution in [0.4, 0.5) is 0 Å². The molecule has 1 aliphatic heterocycles. The molecule has 0 aromatic carbocycles. The van der Waals surface area contributed by atoms with Crippen LogP contribution in [0, 0.1) is 5.92 Å². The van der Waals surface area contributed by atoms with Crippen molar-refractivity contribution in [3.63, 3.8) is 0 Å². The SMILES string of the molecule is C=C(CCO)CC1CCN(C)CC1. The van der Waals surface area contributed by atoms with Gasteiger partial charge in [-0.1, -0.05) is 12.2 Å². The molecule has 0 aromatic heterocycles. The standard InChI is InChI=1S/C11H21NO/c1-10(5-8-13)9-11-3-6-12(2)7-4-11/h11,13H,1,3-9H2,2H3. The molecule has 0 aliphatic carbocycles. The number of rotatable bonds is 4. The van der Waals surface area contributed by atoms with Gasteiger partial charge in [0.1, 0.15) is 0 Å². The second-order valence-corrected chi connectivity index (χ2v) is 4.17. The Balaban J connectivity index is 2.18. The highest BCUT2D eigenvalue weighted by molar-refractivity contribution is 4.96. The quantitative estimate of drug-likeness (QED) is 0.670. The Morgan fingerprint density at radius 2 is 2.08 bits per heavy atom. The lowest BCUT2D eigenvalue weighted by Crippen LogP contribution is -2.30. The van der Waals surface area contributed by atoms with E-state index in [0.29, 0.717) is 0 Å². The van der Waals surface area contributed by atoms with Crippen LogP contribution in [0.1, 0.15) is 25.7 Å². The fourth-order valence-electron chi connectivity index (χ4n) is 1.93. The van der Waals surface area contributed by atoms with Crippen molar-refractivity contribution in [3.05, 3.63) is 12.2 Å². The van der Waals surface area contributed by atoms with Crippen molar-refractivity contribution in [1.29, 1.82) is 0 Å². The average molecular weight is 183 g/mol. The predicted molar refractivity (Wildman–Crippen MR) is 55.7 cm³/mol. The predicted octanol–water partition coefficient (Wildman–Crippen LogP) is 1.66. The number of aliphatic hydroxyl groups excluding tert-OH is 1. The Kier molecular flexibility index (Phi) is 4.46. The number of hydrogen-bond acceptors (Lipinski definition) is 2. The van der Waals surface area contributed by atoms with Gasteiger partial charge in [-0.2, -0.15) is 0 Å². The van der Waals surface area contributed by atoms with E-state index in [4.69, 9.17) is 5.11 Å². The molecule has 2 nitrogen and oxygen atoms in total. The molecule has 1 aliphatic rings. The first-order chi connectivity index (χ1) is 6.22. The van der Waals surface area contributed by atoms with Crippen molar-refractivity contribution in [1.82, 2.24) is 4.90 Å². The summed E-state index contributed by atoms with van der Waals surface area (Å²) in [6.07, 6.45) is 4.49. The van der Waals surface area contributed by atoms with Crippen molar-refractivity contribution < 1.29 is 5.11 Å². The highest BCUT2D eigenvalue weighted by atomic mass is 16.2. The van der Waals surface area contributed by atoms with Crippen molar-refractivity contribution in [2.45, 2.75) is 25.7 Å². The van der Waals surface area contributed by atoms with Gasteiger partial charge in [0, 0.05) is 6.61 Å². The van der Waals surface area contributed by atoms with E-state index in [2.05, 4.69) is 18.5 Å². The average Bonchev–Trinajstić information content (AvgIpc) is 2.09. The summed E-state index contributed by atoms with van der Waals surface area (Å²) < 4.78 is 0. The first kappa shape index (κ1) is 10.7. The molecule has 0 spiro atoms. The molecule has 1 fully saturated rings. The fraction of sp³-hybridized carbons (Fsp3) is 0.818. The van der Waals surface area contributed by atoms with Crippen molar-refractivity contribution in [2.75, 3.05) is 26.7 Å². The number of nitrogens with zero attached hydrogens (tertiary/aromatic N) is 1. The van der Waals surface area contributed by atoms with E-state index in [-0.39, 0.29) is 6.61 Å². The Morgan fingerprint density at radius 1 is 1.46 bits per heavy atom. The zero-order valence-corrected chi connectivity index (χ0v) is 8.63. The van der Waals surface area contributed by atoms with Crippen LogP contribution in [0.15, 0.2) is 12.2 Å². The van der Waals surface area contributed by atoms with Crippen molar-refractivity contribution >= 4 is 0 Å². The topological polar surface area (TPSA) is 23.5 Å². The molecule has 1 rings (SSSR count). The van der Waals surface area contributed by atoms with Crippen LogP contribution in [0.25, 0.3) is 0 Å². The van der Waals surface area contributed by atoms with Gasteiger partial charge in [0.25, 0.3) is 0 Å². The first-order valence-electron chi connectivity index (χ1n) is 5.18. The van der Waals surface area contributed by atoms with E-state index in [0.717, 1.165) is 18.8 Å². The second kappa shape index (κ2) is 5.40. The summed E-state index contributed by atoms with van der Waals surface area (Å²) in [5.41, 5.74) is 1.22. The molecular formula is C11H21NO. The normalized spacial score (nSPS) is 20.5. The minimum atomic E-state index is 0.255. The van der Waals surface area contributed by atoms with Gasteiger partial charge >= 0.3 is 0 Å². The van der Waals surface area contributed by atoms with Crippen LogP contribution < -0.4 is 0 Å². The summed E-state index contributed by atoms with van der Waals surface area (Å²) in [5, 5.41) is 8.74. The summed E-state index contributed by atoms with van der Waals surface area (Å²) in [6.45, 7) is 6.68. The van der Waals surface area contributed by atoms with Gasteiger partial charge in [-0.25, -0.2) is 0 Å².